The number of anilines is 1. The van der Waals surface area contributed by atoms with Gasteiger partial charge in [0.1, 0.15) is 11.6 Å². The fourth-order valence-corrected chi connectivity index (χ4v) is 4.19. The molecule has 2 saturated heterocycles. The van der Waals surface area contributed by atoms with Crippen molar-refractivity contribution in [2.24, 2.45) is 10.9 Å². The van der Waals surface area contributed by atoms with Crippen LogP contribution in [0.2, 0.25) is 0 Å². The predicted molar refractivity (Wildman–Crippen MR) is 126 cm³/mol. The average Bonchev–Trinajstić information content (AvgIpc) is 2.71. The van der Waals surface area contributed by atoms with Crippen LogP contribution in [0.5, 0.6) is 0 Å². The van der Waals surface area contributed by atoms with Gasteiger partial charge >= 0.3 is 0 Å². The van der Waals surface area contributed by atoms with Crippen molar-refractivity contribution in [3.8, 4) is 0 Å². The van der Waals surface area contributed by atoms with Crippen LogP contribution in [-0.4, -0.2) is 74.7 Å². The molecule has 1 atom stereocenters. The fourth-order valence-electron chi connectivity index (χ4n) is 4.19. The molecule has 2 heterocycles. The molecule has 2 aliphatic heterocycles. The molecular formula is C21H34F2IN5. The highest BCUT2D eigenvalue weighted by Crippen LogP contribution is 2.22. The molecule has 0 saturated carbocycles. The summed E-state index contributed by atoms with van der Waals surface area (Å²) in [5.41, 5.74) is 0.346. The molecule has 0 aliphatic carbocycles. The molecule has 0 radical (unpaired) electrons. The first-order chi connectivity index (χ1) is 13.5. The number of piperazine rings is 1. The molecular weight excluding hydrogens is 487 g/mol. The van der Waals surface area contributed by atoms with Gasteiger partial charge in [-0.1, -0.05) is 0 Å². The van der Waals surface area contributed by atoms with Crippen LogP contribution < -0.4 is 10.2 Å². The Hall–Kier alpha value is -1.16. The second-order valence-electron chi connectivity index (χ2n) is 8.09. The molecule has 1 aromatic carbocycles. The summed E-state index contributed by atoms with van der Waals surface area (Å²) in [5, 5.41) is 3.54. The highest BCUT2D eigenvalue weighted by molar-refractivity contribution is 14.0. The highest BCUT2D eigenvalue weighted by Gasteiger charge is 2.24. The first kappa shape index (κ1) is 24.1. The maximum absolute atomic E-state index is 14.0. The van der Waals surface area contributed by atoms with Gasteiger partial charge in [-0.15, -0.1) is 24.0 Å². The van der Waals surface area contributed by atoms with Crippen molar-refractivity contribution in [2.75, 3.05) is 57.8 Å². The zero-order chi connectivity index (χ0) is 20.1. The van der Waals surface area contributed by atoms with E-state index in [2.05, 4.69) is 34.0 Å². The number of aliphatic imine (C=N–C) groups is 1. The van der Waals surface area contributed by atoms with Crippen molar-refractivity contribution in [3.05, 3.63) is 29.8 Å². The summed E-state index contributed by atoms with van der Waals surface area (Å²) in [6.07, 6.45) is 2.50. The van der Waals surface area contributed by atoms with Crippen molar-refractivity contribution in [2.45, 2.75) is 32.7 Å². The zero-order valence-corrected chi connectivity index (χ0v) is 20.0. The number of hydrogen-bond donors (Lipinski definition) is 1. The third kappa shape index (κ3) is 6.41. The van der Waals surface area contributed by atoms with Crippen LogP contribution in [0, 0.1) is 17.6 Å². The molecule has 3 rings (SSSR count). The molecule has 5 nitrogen and oxygen atoms in total. The summed E-state index contributed by atoms with van der Waals surface area (Å²) in [6, 6.07) is 4.23. The van der Waals surface area contributed by atoms with Crippen LogP contribution in [0.1, 0.15) is 26.7 Å². The summed E-state index contributed by atoms with van der Waals surface area (Å²) in [4.78, 5) is 11.1. The Morgan fingerprint density at radius 3 is 2.55 bits per heavy atom. The van der Waals surface area contributed by atoms with E-state index >= 15 is 0 Å². The lowest BCUT2D eigenvalue weighted by molar-refractivity contribution is 0.140. The maximum atomic E-state index is 14.0. The first-order valence-corrected chi connectivity index (χ1v) is 10.4. The Kier molecular flexibility index (Phi) is 9.39. The second-order valence-corrected chi connectivity index (χ2v) is 8.09. The van der Waals surface area contributed by atoms with Gasteiger partial charge in [0.25, 0.3) is 0 Å². The minimum atomic E-state index is -0.403. The lowest BCUT2D eigenvalue weighted by atomic mass is 9.97. The van der Waals surface area contributed by atoms with E-state index in [1.165, 1.54) is 31.5 Å². The Morgan fingerprint density at radius 2 is 1.90 bits per heavy atom. The van der Waals surface area contributed by atoms with E-state index in [-0.39, 0.29) is 29.8 Å². The SMILES string of the molecule is CN=C(NCC1CCCN(C(C)C)C1)N1CCN(c2cc(F)ccc2F)CC1.I. The number of benzene rings is 1. The summed E-state index contributed by atoms with van der Waals surface area (Å²) < 4.78 is 27.5. The van der Waals surface area contributed by atoms with E-state index in [0.717, 1.165) is 38.2 Å². The van der Waals surface area contributed by atoms with E-state index in [9.17, 15) is 8.78 Å². The van der Waals surface area contributed by atoms with Crippen LogP contribution >= 0.6 is 24.0 Å². The number of guanidine groups is 1. The van der Waals surface area contributed by atoms with Crippen LogP contribution in [0.25, 0.3) is 0 Å². The number of hydrogen-bond acceptors (Lipinski definition) is 3. The molecule has 29 heavy (non-hydrogen) atoms. The quantitative estimate of drug-likeness (QED) is 0.375. The fraction of sp³-hybridized carbons (Fsp3) is 0.667. The Balaban J connectivity index is 0.00000300. The molecule has 0 amide bonds. The van der Waals surface area contributed by atoms with E-state index < -0.39 is 5.82 Å². The Labute approximate surface area is 190 Å². The standard InChI is InChI=1S/C21H33F2N5.HI/c1-16(2)28-8-4-5-17(15-28)14-25-21(24-3)27-11-9-26(10-12-27)20-13-18(22)6-7-19(20)23;/h6-7,13,16-17H,4-5,8-12,14-15H2,1-3H3,(H,24,25);1H. The molecule has 2 fully saturated rings. The van der Waals surface area contributed by atoms with Gasteiger partial charge in [0.2, 0.25) is 0 Å². The molecule has 1 N–H and O–H groups in total. The van der Waals surface area contributed by atoms with Gasteiger partial charge in [-0.25, -0.2) is 8.78 Å². The highest BCUT2D eigenvalue weighted by atomic mass is 127. The molecule has 2 aliphatic rings. The van der Waals surface area contributed by atoms with Gasteiger partial charge in [-0.3, -0.25) is 4.99 Å². The molecule has 0 aromatic heterocycles. The van der Waals surface area contributed by atoms with Crippen molar-refractivity contribution < 1.29 is 8.78 Å². The summed E-state index contributed by atoms with van der Waals surface area (Å²) >= 11 is 0. The lowest BCUT2D eigenvalue weighted by Gasteiger charge is -2.39. The predicted octanol–water partition coefficient (Wildman–Crippen LogP) is 3.40. The topological polar surface area (TPSA) is 34.1 Å². The van der Waals surface area contributed by atoms with Crippen LogP contribution in [-0.2, 0) is 0 Å². The summed E-state index contributed by atoms with van der Waals surface area (Å²) in [7, 11) is 1.81. The monoisotopic (exact) mass is 521 g/mol. The van der Waals surface area contributed by atoms with Gasteiger partial charge in [0.05, 0.1) is 5.69 Å². The third-order valence-corrected chi connectivity index (χ3v) is 5.87. The Bertz CT molecular complexity index is 677. The average molecular weight is 521 g/mol. The smallest absolute Gasteiger partial charge is 0.193 e. The van der Waals surface area contributed by atoms with E-state index in [1.807, 2.05) is 11.9 Å². The minimum Gasteiger partial charge on any atom is -0.366 e. The minimum absolute atomic E-state index is 0. The van der Waals surface area contributed by atoms with E-state index in [1.54, 1.807) is 0 Å². The molecule has 1 aromatic rings. The van der Waals surface area contributed by atoms with Crippen LogP contribution in [0.4, 0.5) is 14.5 Å². The number of halogens is 3. The molecule has 1 unspecified atom stereocenters. The van der Waals surface area contributed by atoms with Crippen molar-refractivity contribution in [3.63, 3.8) is 0 Å². The normalized spacial score (nSPS) is 21.3. The van der Waals surface area contributed by atoms with E-state index in [4.69, 9.17) is 0 Å². The molecule has 0 spiro atoms. The van der Waals surface area contributed by atoms with Gasteiger partial charge in [-0.2, -0.15) is 0 Å². The Morgan fingerprint density at radius 1 is 1.17 bits per heavy atom. The zero-order valence-electron chi connectivity index (χ0n) is 17.7. The number of likely N-dealkylation sites (tertiary alicyclic amines) is 1. The third-order valence-electron chi connectivity index (χ3n) is 5.87. The van der Waals surface area contributed by atoms with Crippen LogP contribution in [0.3, 0.4) is 0 Å². The number of nitrogens with zero attached hydrogens (tertiary/aromatic N) is 4. The van der Waals surface area contributed by atoms with E-state index in [0.29, 0.717) is 30.7 Å². The van der Waals surface area contributed by atoms with Crippen molar-refractivity contribution >= 4 is 35.6 Å². The number of piperidine rings is 1. The lowest BCUT2D eigenvalue weighted by Crippen LogP contribution is -2.54. The maximum Gasteiger partial charge on any atom is 0.193 e. The first-order valence-electron chi connectivity index (χ1n) is 10.4. The largest absolute Gasteiger partial charge is 0.366 e. The summed E-state index contributed by atoms with van der Waals surface area (Å²) in [5.74, 6) is 0.764. The van der Waals surface area contributed by atoms with Gasteiger partial charge in [0.15, 0.2) is 5.96 Å². The number of rotatable bonds is 4. The van der Waals surface area contributed by atoms with Crippen LogP contribution in [0.15, 0.2) is 23.2 Å². The van der Waals surface area contributed by atoms with Gasteiger partial charge < -0.3 is 20.0 Å². The second kappa shape index (κ2) is 11.3. The van der Waals surface area contributed by atoms with Crippen molar-refractivity contribution in [1.82, 2.24) is 15.1 Å². The van der Waals surface area contributed by atoms with Gasteiger partial charge in [-0.05, 0) is 51.3 Å². The van der Waals surface area contributed by atoms with Crippen molar-refractivity contribution in [1.29, 1.82) is 0 Å². The molecule has 164 valence electrons. The molecule has 0 bridgehead atoms. The molecule has 8 heteroatoms. The number of nitrogens with one attached hydrogen (secondary N) is 1. The summed E-state index contributed by atoms with van der Waals surface area (Å²) in [6.45, 7) is 10.5. The van der Waals surface area contributed by atoms with Gasteiger partial charge in [0, 0.05) is 58.4 Å².